The summed E-state index contributed by atoms with van der Waals surface area (Å²) in [6.07, 6.45) is 3.90. The lowest BCUT2D eigenvalue weighted by atomic mass is 9.70. The third-order valence-electron chi connectivity index (χ3n) is 4.50. The Kier molecular flexibility index (Phi) is 9.30. The first-order valence-electron chi connectivity index (χ1n) is 9.12. The highest BCUT2D eigenvalue weighted by atomic mass is 16.1. The van der Waals surface area contributed by atoms with Gasteiger partial charge in [-0.05, 0) is 56.3 Å². The molecule has 3 nitrogen and oxygen atoms in total. The highest BCUT2D eigenvalue weighted by Crippen LogP contribution is 2.35. The smallest absolute Gasteiger partial charge is 0.238 e. The molecule has 1 amide bonds. The molecule has 0 bridgehead atoms. The van der Waals surface area contributed by atoms with E-state index in [9.17, 15) is 4.79 Å². The lowest BCUT2D eigenvalue weighted by molar-refractivity contribution is -0.128. The maximum atomic E-state index is 12.6. The number of carbonyl (C=O) groups is 1. The molecule has 22 heavy (non-hydrogen) atoms. The molecule has 0 aliphatic carbocycles. The summed E-state index contributed by atoms with van der Waals surface area (Å²) in [5, 5.41) is 3.65. The van der Waals surface area contributed by atoms with Crippen LogP contribution in [0.4, 0.5) is 0 Å². The summed E-state index contributed by atoms with van der Waals surface area (Å²) in [4.78, 5) is 12.6. The van der Waals surface area contributed by atoms with Crippen LogP contribution in [0, 0.1) is 23.7 Å². The van der Waals surface area contributed by atoms with E-state index in [2.05, 4.69) is 60.7 Å². The van der Waals surface area contributed by atoms with Crippen molar-refractivity contribution in [2.75, 3.05) is 0 Å². The molecule has 0 aliphatic rings. The van der Waals surface area contributed by atoms with Gasteiger partial charge in [-0.3, -0.25) is 4.79 Å². The van der Waals surface area contributed by atoms with E-state index in [0.717, 1.165) is 25.7 Å². The average Bonchev–Trinajstić information content (AvgIpc) is 2.34. The number of primary amides is 1. The summed E-state index contributed by atoms with van der Waals surface area (Å²) >= 11 is 0. The minimum atomic E-state index is -0.585. The summed E-state index contributed by atoms with van der Waals surface area (Å²) in [5.41, 5.74) is 5.39. The van der Waals surface area contributed by atoms with Gasteiger partial charge in [-0.25, -0.2) is 0 Å². The number of amides is 1. The normalized spacial score (nSPS) is 16.5. The molecule has 0 rings (SSSR count). The molecule has 0 radical (unpaired) electrons. The van der Waals surface area contributed by atoms with Crippen molar-refractivity contribution >= 4 is 5.91 Å². The van der Waals surface area contributed by atoms with Gasteiger partial charge in [-0.1, -0.05) is 48.5 Å². The van der Waals surface area contributed by atoms with Gasteiger partial charge < -0.3 is 11.1 Å². The third-order valence-corrected chi connectivity index (χ3v) is 4.50. The molecule has 3 N–H and O–H groups in total. The van der Waals surface area contributed by atoms with E-state index in [1.165, 1.54) is 0 Å². The van der Waals surface area contributed by atoms with Gasteiger partial charge in [-0.15, -0.1) is 0 Å². The van der Waals surface area contributed by atoms with E-state index in [4.69, 9.17) is 5.73 Å². The number of hydrogen-bond acceptors (Lipinski definition) is 2. The van der Waals surface area contributed by atoms with Gasteiger partial charge in [0.2, 0.25) is 5.91 Å². The fourth-order valence-electron chi connectivity index (χ4n) is 3.54. The second-order valence-corrected chi connectivity index (χ2v) is 8.34. The highest BCUT2D eigenvalue weighted by Gasteiger charge is 2.45. The fourth-order valence-corrected chi connectivity index (χ4v) is 3.54. The minimum absolute atomic E-state index is 0.173. The standard InChI is InChI=1S/C19H40N2O/c1-9-16(8)21-19(18(20)22,12-15(6)7)17(10-13(2)3)11-14(4)5/h13-17,21H,9-12H2,1-8H3,(H2,20,22). The summed E-state index contributed by atoms with van der Waals surface area (Å²) in [7, 11) is 0. The van der Waals surface area contributed by atoms with E-state index in [-0.39, 0.29) is 5.91 Å². The molecule has 2 atom stereocenters. The highest BCUT2D eigenvalue weighted by molar-refractivity contribution is 5.85. The number of carbonyl (C=O) groups excluding carboxylic acids is 1. The van der Waals surface area contributed by atoms with Crippen molar-refractivity contribution in [3.8, 4) is 0 Å². The minimum Gasteiger partial charge on any atom is -0.368 e. The predicted octanol–water partition coefficient (Wildman–Crippen LogP) is 4.35. The van der Waals surface area contributed by atoms with Crippen LogP contribution in [0.1, 0.15) is 81.1 Å². The zero-order valence-corrected chi connectivity index (χ0v) is 16.2. The van der Waals surface area contributed by atoms with Gasteiger partial charge in [-0.2, -0.15) is 0 Å². The van der Waals surface area contributed by atoms with E-state index in [1.54, 1.807) is 0 Å². The third kappa shape index (κ3) is 6.68. The van der Waals surface area contributed by atoms with Crippen LogP contribution in [0.5, 0.6) is 0 Å². The molecule has 0 heterocycles. The van der Waals surface area contributed by atoms with E-state index in [0.29, 0.717) is 29.7 Å². The zero-order valence-electron chi connectivity index (χ0n) is 16.2. The fraction of sp³-hybridized carbons (Fsp3) is 0.947. The van der Waals surface area contributed by atoms with Crippen LogP contribution in [-0.4, -0.2) is 17.5 Å². The number of nitrogens with one attached hydrogen (secondary N) is 1. The van der Waals surface area contributed by atoms with E-state index in [1.807, 2.05) is 0 Å². The van der Waals surface area contributed by atoms with Crippen molar-refractivity contribution in [2.45, 2.75) is 92.7 Å². The van der Waals surface area contributed by atoms with Gasteiger partial charge in [0.15, 0.2) is 0 Å². The van der Waals surface area contributed by atoms with Crippen LogP contribution < -0.4 is 11.1 Å². The Morgan fingerprint density at radius 3 is 1.68 bits per heavy atom. The van der Waals surface area contributed by atoms with Crippen LogP contribution in [0.25, 0.3) is 0 Å². The Bertz CT molecular complexity index is 315. The van der Waals surface area contributed by atoms with Crippen LogP contribution in [0.2, 0.25) is 0 Å². The van der Waals surface area contributed by atoms with E-state index >= 15 is 0 Å². The predicted molar refractivity (Wildman–Crippen MR) is 96.7 cm³/mol. The Morgan fingerprint density at radius 1 is 0.955 bits per heavy atom. The molecule has 0 aromatic carbocycles. The van der Waals surface area contributed by atoms with Gasteiger partial charge in [0, 0.05) is 6.04 Å². The molecule has 0 fully saturated rings. The molecule has 132 valence electrons. The Balaban J connectivity index is 5.72. The van der Waals surface area contributed by atoms with Crippen molar-refractivity contribution in [2.24, 2.45) is 29.4 Å². The maximum absolute atomic E-state index is 12.6. The van der Waals surface area contributed by atoms with Crippen LogP contribution in [0.3, 0.4) is 0 Å². The lowest BCUT2D eigenvalue weighted by Crippen LogP contribution is -2.63. The van der Waals surface area contributed by atoms with Gasteiger partial charge in [0.25, 0.3) is 0 Å². The lowest BCUT2D eigenvalue weighted by Gasteiger charge is -2.43. The topological polar surface area (TPSA) is 55.1 Å². The summed E-state index contributed by atoms with van der Waals surface area (Å²) in [6, 6.07) is 0.299. The SMILES string of the molecule is CCC(C)NC(CC(C)C)(C(N)=O)C(CC(C)C)CC(C)C. The molecular weight excluding hydrogens is 272 g/mol. The quantitative estimate of drug-likeness (QED) is 0.596. The largest absolute Gasteiger partial charge is 0.368 e. The summed E-state index contributed by atoms with van der Waals surface area (Å²) in [5.74, 6) is 1.68. The van der Waals surface area contributed by atoms with Crippen LogP contribution in [-0.2, 0) is 4.79 Å². The van der Waals surface area contributed by atoms with Gasteiger partial charge in [0.05, 0.1) is 0 Å². The van der Waals surface area contributed by atoms with Gasteiger partial charge >= 0.3 is 0 Å². The Hall–Kier alpha value is -0.570. The molecule has 0 saturated heterocycles. The Morgan fingerprint density at radius 2 is 1.41 bits per heavy atom. The second-order valence-electron chi connectivity index (χ2n) is 8.34. The maximum Gasteiger partial charge on any atom is 0.238 e. The monoisotopic (exact) mass is 312 g/mol. The number of nitrogens with two attached hydrogens (primary N) is 1. The van der Waals surface area contributed by atoms with Crippen molar-refractivity contribution < 1.29 is 4.79 Å². The molecule has 0 saturated carbocycles. The molecule has 0 aliphatic heterocycles. The van der Waals surface area contributed by atoms with Crippen molar-refractivity contribution in [3.63, 3.8) is 0 Å². The number of rotatable bonds is 11. The van der Waals surface area contributed by atoms with Crippen LogP contribution in [0.15, 0.2) is 0 Å². The molecule has 0 aromatic rings. The van der Waals surface area contributed by atoms with Crippen molar-refractivity contribution in [1.29, 1.82) is 0 Å². The first-order chi connectivity index (χ1) is 10.0. The zero-order chi connectivity index (χ0) is 17.5. The summed E-state index contributed by atoms with van der Waals surface area (Å²) in [6.45, 7) is 17.6. The summed E-state index contributed by atoms with van der Waals surface area (Å²) < 4.78 is 0. The molecule has 0 aromatic heterocycles. The van der Waals surface area contributed by atoms with Crippen LogP contribution >= 0.6 is 0 Å². The first-order valence-corrected chi connectivity index (χ1v) is 9.12. The molecular formula is C19H40N2O. The van der Waals surface area contributed by atoms with Gasteiger partial charge in [0.1, 0.15) is 5.54 Å². The molecule has 3 heteroatoms. The first kappa shape index (κ1) is 21.4. The van der Waals surface area contributed by atoms with Crippen molar-refractivity contribution in [3.05, 3.63) is 0 Å². The average molecular weight is 313 g/mol. The number of hydrogen-bond donors (Lipinski definition) is 2. The Labute approximate surface area is 138 Å². The molecule has 2 unspecified atom stereocenters. The van der Waals surface area contributed by atoms with E-state index < -0.39 is 5.54 Å². The van der Waals surface area contributed by atoms with Crippen molar-refractivity contribution in [1.82, 2.24) is 5.32 Å². The molecule has 0 spiro atoms. The second kappa shape index (κ2) is 9.54.